The SMILES string of the molecule is COC(=O)C1(C(=O)OC)C=C1C(O[Si](C)(C)C)c1cccc(Cl)c1. The zero-order valence-corrected chi connectivity index (χ0v) is 16.1. The van der Waals surface area contributed by atoms with Crippen LogP contribution in [0.4, 0.5) is 0 Å². The molecule has 1 aliphatic rings. The molecule has 24 heavy (non-hydrogen) atoms. The molecule has 0 bridgehead atoms. The first kappa shape index (κ1) is 18.7. The van der Waals surface area contributed by atoms with Crippen LogP contribution in [0, 0.1) is 5.41 Å². The number of hydrogen-bond acceptors (Lipinski definition) is 5. The molecular formula is C17H21ClO5Si. The third-order valence-electron chi connectivity index (χ3n) is 3.66. The van der Waals surface area contributed by atoms with Gasteiger partial charge >= 0.3 is 11.9 Å². The summed E-state index contributed by atoms with van der Waals surface area (Å²) in [6.07, 6.45) is 1.00. The molecule has 0 saturated heterocycles. The number of rotatable bonds is 6. The summed E-state index contributed by atoms with van der Waals surface area (Å²) in [6.45, 7) is 6.10. The van der Waals surface area contributed by atoms with E-state index >= 15 is 0 Å². The van der Waals surface area contributed by atoms with Gasteiger partial charge in [0.15, 0.2) is 8.32 Å². The molecule has 0 heterocycles. The molecule has 0 spiro atoms. The highest BCUT2D eigenvalue weighted by Gasteiger charge is 2.62. The van der Waals surface area contributed by atoms with Crippen LogP contribution in [0.15, 0.2) is 35.9 Å². The van der Waals surface area contributed by atoms with Gasteiger partial charge in [-0.05, 0) is 49.0 Å². The van der Waals surface area contributed by atoms with E-state index in [2.05, 4.69) is 0 Å². The fraction of sp³-hybridized carbons (Fsp3) is 0.412. The van der Waals surface area contributed by atoms with Crippen LogP contribution in [0.1, 0.15) is 11.7 Å². The molecule has 0 radical (unpaired) electrons. The van der Waals surface area contributed by atoms with E-state index in [0.717, 1.165) is 5.56 Å². The Kier molecular flexibility index (Phi) is 5.22. The average Bonchev–Trinajstić information content (AvgIpc) is 3.26. The first-order valence-electron chi connectivity index (χ1n) is 7.49. The van der Waals surface area contributed by atoms with Crippen molar-refractivity contribution >= 4 is 31.9 Å². The second-order valence-corrected chi connectivity index (χ2v) is 11.5. The number of esters is 2. The highest BCUT2D eigenvalue weighted by atomic mass is 35.5. The summed E-state index contributed by atoms with van der Waals surface area (Å²) in [7, 11) is 0.497. The summed E-state index contributed by atoms with van der Waals surface area (Å²) in [6, 6.07) is 7.19. The summed E-state index contributed by atoms with van der Waals surface area (Å²) in [5.41, 5.74) is -0.187. The lowest BCUT2D eigenvalue weighted by Crippen LogP contribution is -2.35. The van der Waals surface area contributed by atoms with Crippen LogP contribution in [0.2, 0.25) is 24.7 Å². The Hall–Kier alpha value is -1.63. The zero-order valence-electron chi connectivity index (χ0n) is 14.4. The summed E-state index contributed by atoms with van der Waals surface area (Å²) >= 11 is 6.09. The number of halogens is 1. The van der Waals surface area contributed by atoms with E-state index in [0.29, 0.717) is 10.6 Å². The second-order valence-electron chi connectivity index (χ2n) is 6.56. The lowest BCUT2D eigenvalue weighted by Gasteiger charge is -2.28. The standard InChI is InChI=1S/C17H21ClO5Si/c1-21-15(19)17(16(20)22-2)10-13(17)14(23-24(3,4)5)11-7-6-8-12(18)9-11/h6-10,14H,1-5H3. The van der Waals surface area contributed by atoms with Crippen molar-refractivity contribution in [3.63, 3.8) is 0 Å². The molecule has 1 aromatic rings. The maximum absolute atomic E-state index is 12.2. The van der Waals surface area contributed by atoms with Crippen LogP contribution in [0.5, 0.6) is 0 Å². The molecule has 0 fully saturated rings. The van der Waals surface area contributed by atoms with Gasteiger partial charge in [-0.1, -0.05) is 23.7 Å². The normalized spacial score (nSPS) is 16.8. The topological polar surface area (TPSA) is 61.8 Å². The summed E-state index contributed by atoms with van der Waals surface area (Å²) in [5.74, 6) is -1.34. The second kappa shape index (κ2) is 6.70. The monoisotopic (exact) mass is 368 g/mol. The van der Waals surface area contributed by atoms with Gasteiger partial charge in [0.1, 0.15) is 0 Å². The molecule has 1 unspecified atom stereocenters. The molecule has 5 nitrogen and oxygen atoms in total. The van der Waals surface area contributed by atoms with Crippen LogP contribution < -0.4 is 0 Å². The maximum Gasteiger partial charge on any atom is 0.331 e. The van der Waals surface area contributed by atoms with E-state index in [1.807, 2.05) is 25.7 Å². The molecule has 0 aliphatic heterocycles. The molecule has 0 saturated carbocycles. The maximum atomic E-state index is 12.2. The summed E-state index contributed by atoms with van der Waals surface area (Å²) < 4.78 is 15.9. The third-order valence-corrected chi connectivity index (χ3v) is 4.84. The molecule has 0 amide bonds. The lowest BCUT2D eigenvalue weighted by molar-refractivity contribution is -0.160. The van der Waals surface area contributed by atoms with Crippen LogP contribution in [-0.4, -0.2) is 34.5 Å². The Balaban J connectivity index is 2.44. The van der Waals surface area contributed by atoms with Crippen molar-refractivity contribution in [1.82, 2.24) is 0 Å². The minimum absolute atomic E-state index is 0.533. The minimum atomic E-state index is -1.98. The molecule has 130 valence electrons. The molecule has 7 heteroatoms. The number of ether oxygens (including phenoxy) is 2. The number of hydrogen-bond donors (Lipinski definition) is 0. The molecule has 0 aromatic heterocycles. The van der Waals surface area contributed by atoms with E-state index in [4.69, 9.17) is 25.5 Å². The van der Waals surface area contributed by atoms with Crippen molar-refractivity contribution in [2.45, 2.75) is 25.7 Å². The van der Waals surface area contributed by atoms with E-state index in [1.165, 1.54) is 14.2 Å². The van der Waals surface area contributed by atoms with Gasteiger partial charge in [-0.15, -0.1) is 0 Å². The van der Waals surface area contributed by atoms with Gasteiger partial charge in [0.05, 0.1) is 20.3 Å². The molecule has 1 atom stereocenters. The quantitative estimate of drug-likeness (QED) is 0.333. The van der Waals surface area contributed by atoms with Gasteiger partial charge in [0.2, 0.25) is 5.41 Å². The van der Waals surface area contributed by atoms with Gasteiger partial charge < -0.3 is 13.9 Å². The van der Waals surface area contributed by atoms with Crippen molar-refractivity contribution in [3.05, 3.63) is 46.5 Å². The highest BCUT2D eigenvalue weighted by molar-refractivity contribution is 6.69. The van der Waals surface area contributed by atoms with E-state index in [-0.39, 0.29) is 0 Å². The van der Waals surface area contributed by atoms with Crippen molar-refractivity contribution in [2.24, 2.45) is 5.41 Å². The number of benzene rings is 1. The predicted molar refractivity (Wildman–Crippen MR) is 93.2 cm³/mol. The molecule has 0 N–H and O–H groups in total. The highest BCUT2D eigenvalue weighted by Crippen LogP contribution is 2.54. The lowest BCUT2D eigenvalue weighted by atomic mass is 9.94. The predicted octanol–water partition coefficient (Wildman–Crippen LogP) is 3.51. The van der Waals surface area contributed by atoms with E-state index in [1.54, 1.807) is 24.3 Å². The summed E-state index contributed by atoms with van der Waals surface area (Å²) in [5, 5.41) is 0.555. The van der Waals surface area contributed by atoms with Crippen molar-refractivity contribution in [1.29, 1.82) is 0 Å². The fourth-order valence-electron chi connectivity index (χ4n) is 2.57. The Morgan fingerprint density at radius 2 is 1.71 bits per heavy atom. The Morgan fingerprint density at radius 1 is 1.12 bits per heavy atom. The smallest absolute Gasteiger partial charge is 0.331 e. The zero-order chi connectivity index (χ0) is 18.1. The minimum Gasteiger partial charge on any atom is -0.468 e. The van der Waals surface area contributed by atoms with Gasteiger partial charge in [0, 0.05) is 5.02 Å². The summed E-state index contributed by atoms with van der Waals surface area (Å²) in [4.78, 5) is 24.5. The van der Waals surface area contributed by atoms with Crippen molar-refractivity contribution < 1.29 is 23.5 Å². The van der Waals surface area contributed by atoms with Crippen LogP contribution >= 0.6 is 11.6 Å². The fourth-order valence-corrected chi connectivity index (χ4v) is 3.74. The molecule has 1 aliphatic carbocycles. The van der Waals surface area contributed by atoms with Gasteiger partial charge in [-0.2, -0.15) is 0 Å². The van der Waals surface area contributed by atoms with Gasteiger partial charge in [-0.3, -0.25) is 9.59 Å². The van der Waals surface area contributed by atoms with Crippen molar-refractivity contribution in [2.75, 3.05) is 14.2 Å². The van der Waals surface area contributed by atoms with Crippen LogP contribution in [0.25, 0.3) is 0 Å². The van der Waals surface area contributed by atoms with E-state index in [9.17, 15) is 9.59 Å². The Labute approximate surface area is 147 Å². The van der Waals surface area contributed by atoms with Crippen LogP contribution in [-0.2, 0) is 23.5 Å². The average molecular weight is 369 g/mol. The molecule has 2 rings (SSSR count). The van der Waals surface area contributed by atoms with Crippen molar-refractivity contribution in [3.8, 4) is 0 Å². The first-order chi connectivity index (χ1) is 11.2. The van der Waals surface area contributed by atoms with Crippen LogP contribution in [0.3, 0.4) is 0 Å². The van der Waals surface area contributed by atoms with E-state index < -0.39 is 31.8 Å². The first-order valence-corrected chi connectivity index (χ1v) is 11.3. The third kappa shape index (κ3) is 3.55. The largest absolute Gasteiger partial charge is 0.468 e. The van der Waals surface area contributed by atoms with Gasteiger partial charge in [0.25, 0.3) is 0 Å². The Morgan fingerprint density at radius 3 is 2.17 bits per heavy atom. The molecule has 1 aromatic carbocycles. The number of methoxy groups -OCH3 is 2. The Bertz CT molecular complexity index is 676. The number of carbonyl (C=O) groups is 2. The number of carbonyl (C=O) groups excluding carboxylic acids is 2. The molecular weight excluding hydrogens is 348 g/mol. The van der Waals surface area contributed by atoms with Gasteiger partial charge in [-0.25, -0.2) is 0 Å².